The van der Waals surface area contributed by atoms with E-state index in [2.05, 4.69) is 4.74 Å². The van der Waals surface area contributed by atoms with Crippen molar-refractivity contribution < 1.29 is 40.6 Å². The molecule has 0 aromatic carbocycles. The lowest BCUT2D eigenvalue weighted by molar-refractivity contribution is -0.345. The molecule has 0 aliphatic heterocycles. The molecule has 0 heterocycles. The monoisotopic (exact) mass is 258 g/mol. The molecule has 0 rings (SSSR count). The summed E-state index contributed by atoms with van der Waals surface area (Å²) < 4.78 is 88.5. The van der Waals surface area contributed by atoms with Crippen LogP contribution in [0.2, 0.25) is 0 Å². The van der Waals surface area contributed by atoms with Gasteiger partial charge in [0.1, 0.15) is 0 Å². The molecule has 0 aromatic rings. The van der Waals surface area contributed by atoms with Crippen molar-refractivity contribution in [1.29, 1.82) is 0 Å². The summed E-state index contributed by atoms with van der Waals surface area (Å²) in [5, 5.41) is 8.63. The van der Waals surface area contributed by atoms with Gasteiger partial charge in [0.25, 0.3) is 5.67 Å². The molecule has 0 aromatic heterocycles. The topological polar surface area (TPSA) is 29.5 Å². The fourth-order valence-electron chi connectivity index (χ4n) is 0.884. The summed E-state index contributed by atoms with van der Waals surface area (Å²) >= 11 is 0. The minimum absolute atomic E-state index is 0.867. The zero-order chi connectivity index (χ0) is 13.2. The van der Waals surface area contributed by atoms with Crippen LogP contribution >= 0.6 is 0 Å². The maximum absolute atomic E-state index is 12.9. The van der Waals surface area contributed by atoms with Gasteiger partial charge in [-0.05, 0) is 0 Å². The molecule has 0 fully saturated rings. The number of rotatable bonds is 4. The van der Waals surface area contributed by atoms with Crippen molar-refractivity contribution in [2.24, 2.45) is 0 Å². The van der Waals surface area contributed by atoms with Crippen molar-refractivity contribution in [3.05, 3.63) is 0 Å². The summed E-state index contributed by atoms with van der Waals surface area (Å²) in [4.78, 5) is 0. The van der Waals surface area contributed by atoms with E-state index in [1.807, 2.05) is 0 Å². The smallest absolute Gasteiger partial charge is 0.368 e. The Morgan fingerprint density at radius 3 is 1.62 bits per heavy atom. The Morgan fingerprint density at radius 2 is 1.38 bits per heavy atom. The third-order valence-electron chi connectivity index (χ3n) is 1.91. The van der Waals surface area contributed by atoms with Crippen molar-refractivity contribution in [2.75, 3.05) is 7.11 Å². The minimum atomic E-state index is -6.08. The van der Waals surface area contributed by atoms with Gasteiger partial charge in [-0.2, -0.15) is 26.3 Å². The molecule has 0 amide bonds. The molecule has 0 spiro atoms. The maximum atomic E-state index is 12.9. The normalized spacial score (nSPS) is 16.3. The average Bonchev–Trinajstić information content (AvgIpc) is 2.09. The Bertz CT molecular complexity index is 208. The van der Waals surface area contributed by atoms with Crippen LogP contribution in [0.5, 0.6) is 0 Å². The van der Waals surface area contributed by atoms with E-state index < -0.39 is 37.2 Å². The highest BCUT2D eigenvalue weighted by Gasteiger charge is 2.71. The van der Waals surface area contributed by atoms with Gasteiger partial charge in [0, 0.05) is 20.0 Å². The fraction of sp³-hybridized carbons (Fsp3) is 1.00. The SMILES string of the molecule is COC(O)CCC(F)(C(F)(F)F)C(F)(F)F. The van der Waals surface area contributed by atoms with E-state index in [9.17, 15) is 30.7 Å². The molecular weight excluding hydrogens is 249 g/mol. The maximum Gasteiger partial charge on any atom is 0.431 e. The molecular formula is C7H9F7O2. The van der Waals surface area contributed by atoms with Crippen LogP contribution < -0.4 is 0 Å². The molecule has 16 heavy (non-hydrogen) atoms. The van der Waals surface area contributed by atoms with Crippen LogP contribution in [0, 0.1) is 0 Å². The Labute approximate surface area is 86.0 Å². The number of alkyl halides is 7. The summed E-state index contributed by atoms with van der Waals surface area (Å²) in [6.07, 6.45) is -17.1. The van der Waals surface area contributed by atoms with Crippen molar-refractivity contribution >= 4 is 0 Å². The Kier molecular flexibility index (Phi) is 4.57. The van der Waals surface area contributed by atoms with E-state index in [-0.39, 0.29) is 0 Å². The Hall–Kier alpha value is -0.570. The van der Waals surface area contributed by atoms with Gasteiger partial charge in [0.15, 0.2) is 6.29 Å². The minimum Gasteiger partial charge on any atom is -0.368 e. The van der Waals surface area contributed by atoms with Gasteiger partial charge in [-0.3, -0.25) is 0 Å². The summed E-state index contributed by atoms with van der Waals surface area (Å²) in [7, 11) is 0.867. The first kappa shape index (κ1) is 15.4. The highest BCUT2D eigenvalue weighted by atomic mass is 19.4. The molecule has 2 nitrogen and oxygen atoms in total. The van der Waals surface area contributed by atoms with Gasteiger partial charge < -0.3 is 9.84 Å². The third-order valence-corrected chi connectivity index (χ3v) is 1.91. The van der Waals surface area contributed by atoms with Gasteiger partial charge >= 0.3 is 12.4 Å². The van der Waals surface area contributed by atoms with Crippen LogP contribution in [0.15, 0.2) is 0 Å². The predicted molar refractivity (Wildman–Crippen MR) is 38.2 cm³/mol. The van der Waals surface area contributed by atoms with E-state index in [1.54, 1.807) is 0 Å². The largest absolute Gasteiger partial charge is 0.431 e. The zero-order valence-electron chi connectivity index (χ0n) is 7.99. The van der Waals surface area contributed by atoms with Crippen LogP contribution in [0.4, 0.5) is 30.7 Å². The van der Waals surface area contributed by atoms with Gasteiger partial charge in [-0.15, -0.1) is 0 Å². The molecule has 1 atom stereocenters. The Morgan fingerprint density at radius 1 is 1.00 bits per heavy atom. The molecule has 9 heteroatoms. The molecule has 1 unspecified atom stereocenters. The van der Waals surface area contributed by atoms with Crippen molar-refractivity contribution in [3.8, 4) is 0 Å². The van der Waals surface area contributed by atoms with Crippen LogP contribution in [-0.4, -0.2) is 36.5 Å². The number of hydrogen-bond acceptors (Lipinski definition) is 2. The van der Waals surface area contributed by atoms with Crippen LogP contribution in [0.25, 0.3) is 0 Å². The van der Waals surface area contributed by atoms with Gasteiger partial charge in [0.05, 0.1) is 0 Å². The number of halogens is 7. The number of ether oxygens (including phenoxy) is 1. The average molecular weight is 258 g/mol. The molecule has 0 saturated heterocycles. The third kappa shape index (κ3) is 3.21. The highest BCUT2D eigenvalue weighted by molar-refractivity contribution is 4.94. The van der Waals surface area contributed by atoms with Crippen molar-refractivity contribution in [3.63, 3.8) is 0 Å². The van der Waals surface area contributed by atoms with Gasteiger partial charge in [0.2, 0.25) is 0 Å². The standard InChI is InChI=1S/C7H9F7O2/c1-16-4(15)2-3-5(8,6(9,10)11)7(12,13)14/h4,15H,2-3H2,1H3. The second-order valence-electron chi connectivity index (χ2n) is 3.03. The molecule has 0 aliphatic carbocycles. The summed E-state index contributed by atoms with van der Waals surface area (Å²) in [6, 6.07) is 0. The second kappa shape index (κ2) is 4.74. The lowest BCUT2D eigenvalue weighted by Gasteiger charge is -2.30. The fourth-order valence-corrected chi connectivity index (χ4v) is 0.884. The number of aliphatic hydroxyl groups excluding tert-OH is 1. The van der Waals surface area contributed by atoms with Crippen LogP contribution in [0.3, 0.4) is 0 Å². The molecule has 1 N–H and O–H groups in total. The van der Waals surface area contributed by atoms with Crippen molar-refractivity contribution in [2.45, 2.75) is 37.2 Å². The predicted octanol–water partition coefficient (Wildman–Crippen LogP) is 2.56. The summed E-state index contributed by atoms with van der Waals surface area (Å²) in [6.45, 7) is 0. The highest BCUT2D eigenvalue weighted by Crippen LogP contribution is 2.49. The molecule has 0 aliphatic rings. The first-order chi connectivity index (χ1) is 6.95. The molecule has 0 bridgehead atoms. The quantitative estimate of drug-likeness (QED) is 0.620. The lowest BCUT2D eigenvalue weighted by Crippen LogP contribution is -2.53. The van der Waals surface area contributed by atoms with Crippen LogP contribution in [0.1, 0.15) is 12.8 Å². The molecule has 98 valence electrons. The number of aliphatic hydroxyl groups is 1. The molecule has 0 saturated carbocycles. The first-order valence-corrected chi connectivity index (χ1v) is 3.99. The summed E-state index contributed by atoms with van der Waals surface area (Å²) in [5.41, 5.74) is -5.33. The number of methoxy groups -OCH3 is 1. The van der Waals surface area contributed by atoms with Crippen molar-refractivity contribution in [1.82, 2.24) is 0 Å². The van der Waals surface area contributed by atoms with E-state index in [0.717, 1.165) is 7.11 Å². The van der Waals surface area contributed by atoms with Crippen LogP contribution in [-0.2, 0) is 4.74 Å². The van der Waals surface area contributed by atoms with E-state index in [4.69, 9.17) is 5.11 Å². The van der Waals surface area contributed by atoms with Gasteiger partial charge in [-0.25, -0.2) is 4.39 Å². The Balaban J connectivity index is 4.85. The van der Waals surface area contributed by atoms with E-state index >= 15 is 0 Å². The lowest BCUT2D eigenvalue weighted by atomic mass is 9.98. The summed E-state index contributed by atoms with van der Waals surface area (Å²) in [5.74, 6) is 0. The first-order valence-electron chi connectivity index (χ1n) is 3.99. The van der Waals surface area contributed by atoms with Gasteiger partial charge in [-0.1, -0.05) is 0 Å². The van der Waals surface area contributed by atoms with E-state index in [1.165, 1.54) is 0 Å². The second-order valence-corrected chi connectivity index (χ2v) is 3.03. The van der Waals surface area contributed by atoms with E-state index in [0.29, 0.717) is 0 Å². The zero-order valence-corrected chi connectivity index (χ0v) is 7.99. The molecule has 0 radical (unpaired) electrons. The number of hydrogen-bond donors (Lipinski definition) is 1.